The van der Waals surface area contributed by atoms with E-state index in [1.54, 1.807) is 0 Å². The molecular formula is C23H26O12. The van der Waals surface area contributed by atoms with Gasteiger partial charge in [0.15, 0.2) is 17.6 Å². The van der Waals surface area contributed by atoms with Gasteiger partial charge in [-0.05, 0) is 18.2 Å². The Bertz CT molecular complexity index is 1110. The lowest BCUT2D eigenvalue weighted by molar-refractivity contribution is -0.293. The van der Waals surface area contributed by atoms with Crippen LogP contribution >= 0.6 is 0 Å². The summed E-state index contributed by atoms with van der Waals surface area (Å²) in [5.41, 5.74) is 0.622. The van der Waals surface area contributed by atoms with Gasteiger partial charge < -0.3 is 59.4 Å². The molecule has 2 aromatic rings. The number of benzene rings is 2. The number of aliphatic hydroxyl groups excluding tert-OH is 4. The molecule has 0 radical (unpaired) electrons. The number of rotatable bonds is 6. The first-order chi connectivity index (χ1) is 16.7. The minimum atomic E-state index is -1.69. The van der Waals surface area contributed by atoms with Crippen LogP contribution in [0.1, 0.15) is 17.2 Å². The van der Waals surface area contributed by atoms with Gasteiger partial charge in [0, 0.05) is 17.7 Å². The topological polar surface area (TPSA) is 188 Å². The summed E-state index contributed by atoms with van der Waals surface area (Å²) in [6, 6.07) is 5.27. The molecule has 12 nitrogen and oxygen atoms in total. The summed E-state index contributed by atoms with van der Waals surface area (Å²) in [4.78, 5) is 0. The van der Waals surface area contributed by atoms with Gasteiger partial charge in [0.2, 0.25) is 12.0 Å². The van der Waals surface area contributed by atoms with E-state index in [4.69, 9.17) is 23.7 Å². The average molecular weight is 494 g/mol. The minimum absolute atomic E-state index is 0.0120. The molecule has 2 aromatic carbocycles. The fourth-order valence-electron chi connectivity index (χ4n) is 3.95. The van der Waals surface area contributed by atoms with Gasteiger partial charge in [-0.2, -0.15) is 0 Å². The SMILES string of the molecule is COc1cc(C2Oc3cc(O)cc(OC)c3C=C2OC2OC(CO)C(O)C(O)C2O)cc(O)c1O. The van der Waals surface area contributed by atoms with Crippen molar-refractivity contribution < 1.29 is 59.4 Å². The Kier molecular flexibility index (Phi) is 6.83. The number of hydrogen-bond donors (Lipinski definition) is 7. The highest BCUT2D eigenvalue weighted by Crippen LogP contribution is 2.47. The second-order valence-corrected chi connectivity index (χ2v) is 8.01. The van der Waals surface area contributed by atoms with Crippen LogP contribution in [-0.2, 0) is 9.47 Å². The van der Waals surface area contributed by atoms with E-state index < -0.39 is 54.9 Å². The maximum absolute atomic E-state index is 10.4. The normalized spacial score (nSPS) is 27.9. The fourth-order valence-corrected chi connectivity index (χ4v) is 3.95. The van der Waals surface area contributed by atoms with E-state index in [1.165, 1.54) is 44.6 Å². The van der Waals surface area contributed by atoms with Gasteiger partial charge >= 0.3 is 0 Å². The van der Waals surface area contributed by atoms with Crippen LogP contribution in [0.4, 0.5) is 0 Å². The molecule has 35 heavy (non-hydrogen) atoms. The maximum atomic E-state index is 10.4. The van der Waals surface area contributed by atoms with Crippen molar-refractivity contribution in [3.05, 3.63) is 41.2 Å². The lowest BCUT2D eigenvalue weighted by atomic mass is 9.98. The third kappa shape index (κ3) is 4.49. The summed E-state index contributed by atoms with van der Waals surface area (Å²) in [5, 5.41) is 70.4. The third-order valence-corrected chi connectivity index (χ3v) is 5.80. The van der Waals surface area contributed by atoms with Crippen molar-refractivity contribution in [2.75, 3.05) is 20.8 Å². The van der Waals surface area contributed by atoms with Gasteiger partial charge in [0.25, 0.3) is 0 Å². The molecular weight excluding hydrogens is 468 g/mol. The van der Waals surface area contributed by atoms with Gasteiger partial charge in [-0.25, -0.2) is 0 Å². The van der Waals surface area contributed by atoms with E-state index >= 15 is 0 Å². The molecule has 2 aliphatic heterocycles. The van der Waals surface area contributed by atoms with Crippen molar-refractivity contribution in [1.82, 2.24) is 0 Å². The van der Waals surface area contributed by atoms with E-state index in [0.29, 0.717) is 5.56 Å². The summed E-state index contributed by atoms with van der Waals surface area (Å²) >= 11 is 0. The largest absolute Gasteiger partial charge is 0.508 e. The molecule has 4 rings (SSSR count). The molecule has 0 spiro atoms. The van der Waals surface area contributed by atoms with Crippen molar-refractivity contribution in [1.29, 1.82) is 0 Å². The third-order valence-electron chi connectivity index (χ3n) is 5.80. The molecule has 0 bridgehead atoms. The molecule has 0 aromatic heterocycles. The first-order valence-corrected chi connectivity index (χ1v) is 10.5. The molecule has 6 atom stereocenters. The summed E-state index contributed by atoms with van der Waals surface area (Å²) < 4.78 is 27.8. The van der Waals surface area contributed by atoms with Crippen molar-refractivity contribution >= 4 is 6.08 Å². The Morgan fingerprint density at radius 1 is 0.886 bits per heavy atom. The van der Waals surface area contributed by atoms with Gasteiger partial charge in [0.1, 0.15) is 47.4 Å². The lowest BCUT2D eigenvalue weighted by Crippen LogP contribution is -2.59. The Labute approximate surface area is 199 Å². The number of phenols is 3. The van der Waals surface area contributed by atoms with E-state index in [9.17, 15) is 35.7 Å². The zero-order chi connectivity index (χ0) is 25.4. The van der Waals surface area contributed by atoms with Gasteiger partial charge in [-0.15, -0.1) is 0 Å². The van der Waals surface area contributed by atoms with Crippen LogP contribution in [-0.4, -0.2) is 87.3 Å². The minimum Gasteiger partial charge on any atom is -0.508 e. The van der Waals surface area contributed by atoms with Crippen LogP contribution in [0.5, 0.6) is 34.5 Å². The molecule has 1 saturated heterocycles. The predicted molar refractivity (Wildman–Crippen MR) is 117 cm³/mol. The van der Waals surface area contributed by atoms with Crippen LogP contribution in [0.25, 0.3) is 6.08 Å². The maximum Gasteiger partial charge on any atom is 0.228 e. The molecule has 2 heterocycles. The number of aliphatic hydroxyl groups is 4. The van der Waals surface area contributed by atoms with E-state index in [0.717, 1.165) is 0 Å². The zero-order valence-electron chi connectivity index (χ0n) is 18.7. The number of aromatic hydroxyl groups is 3. The van der Waals surface area contributed by atoms with E-state index in [2.05, 4.69) is 0 Å². The highest BCUT2D eigenvalue weighted by atomic mass is 16.7. The summed E-state index contributed by atoms with van der Waals surface area (Å²) in [6.45, 7) is -0.650. The molecule has 190 valence electrons. The monoisotopic (exact) mass is 494 g/mol. The number of fused-ring (bicyclic) bond motifs is 1. The number of methoxy groups -OCH3 is 2. The summed E-state index contributed by atoms with van der Waals surface area (Å²) in [6.07, 6.45) is -7.32. The van der Waals surface area contributed by atoms with Crippen LogP contribution in [0.15, 0.2) is 30.0 Å². The van der Waals surface area contributed by atoms with Crippen molar-refractivity contribution in [2.45, 2.75) is 36.8 Å². The predicted octanol–water partition coefficient (Wildman–Crippen LogP) is 0.112. The van der Waals surface area contributed by atoms with Crippen LogP contribution < -0.4 is 14.2 Å². The van der Waals surface area contributed by atoms with Crippen molar-refractivity contribution in [3.63, 3.8) is 0 Å². The summed E-state index contributed by atoms with van der Waals surface area (Å²) in [7, 11) is 2.68. The Balaban J connectivity index is 1.79. The molecule has 2 aliphatic rings. The average Bonchev–Trinajstić information content (AvgIpc) is 2.85. The molecule has 7 N–H and O–H groups in total. The van der Waals surface area contributed by atoms with E-state index in [1.807, 2.05) is 0 Å². The van der Waals surface area contributed by atoms with E-state index in [-0.39, 0.29) is 34.3 Å². The second-order valence-electron chi connectivity index (χ2n) is 8.01. The lowest BCUT2D eigenvalue weighted by Gasteiger charge is -2.41. The van der Waals surface area contributed by atoms with Gasteiger partial charge in [-0.3, -0.25) is 0 Å². The highest BCUT2D eigenvalue weighted by molar-refractivity contribution is 5.70. The number of ether oxygens (including phenoxy) is 5. The van der Waals surface area contributed by atoms with Gasteiger partial charge in [-0.1, -0.05) is 0 Å². The quantitative estimate of drug-likeness (QED) is 0.269. The first-order valence-electron chi connectivity index (χ1n) is 10.5. The molecule has 0 saturated carbocycles. The molecule has 0 aliphatic carbocycles. The van der Waals surface area contributed by atoms with Crippen molar-refractivity contribution in [3.8, 4) is 34.5 Å². The van der Waals surface area contributed by atoms with Gasteiger partial charge in [0.05, 0.1) is 26.4 Å². The Hall–Kier alpha value is -3.42. The molecule has 1 fully saturated rings. The standard InChI is InChI=1S/C23H26O12/c1-31-13-5-10(25)6-14-11(13)7-16(34-23-21(30)20(29)19(28)17(8-24)35-23)22(33-14)9-3-12(26)18(27)15(4-9)32-2/h3-7,17,19-30H,8H2,1-2H3. The summed E-state index contributed by atoms with van der Waals surface area (Å²) in [5.74, 6) is -0.758. The smallest absolute Gasteiger partial charge is 0.228 e. The molecule has 12 heteroatoms. The Morgan fingerprint density at radius 2 is 1.60 bits per heavy atom. The highest BCUT2D eigenvalue weighted by Gasteiger charge is 2.46. The zero-order valence-corrected chi connectivity index (χ0v) is 18.7. The number of phenolic OH excluding ortho intramolecular Hbond substituents is 3. The fraction of sp³-hybridized carbons (Fsp3) is 0.391. The molecule has 6 unspecified atom stereocenters. The Morgan fingerprint density at radius 3 is 2.26 bits per heavy atom. The molecule has 0 amide bonds. The van der Waals surface area contributed by atoms with Crippen molar-refractivity contribution in [2.24, 2.45) is 0 Å². The first kappa shape index (κ1) is 24.7. The van der Waals surface area contributed by atoms with Crippen LogP contribution in [0, 0.1) is 0 Å². The second kappa shape index (κ2) is 9.68. The van der Waals surface area contributed by atoms with Crippen LogP contribution in [0.2, 0.25) is 0 Å². The number of hydrogen-bond acceptors (Lipinski definition) is 12. The van der Waals surface area contributed by atoms with Crippen LogP contribution in [0.3, 0.4) is 0 Å².